The van der Waals surface area contributed by atoms with Crippen LogP contribution in [-0.2, 0) is 33.6 Å². The first kappa shape index (κ1) is 15.1. The third kappa shape index (κ3) is 7.04. The summed E-state index contributed by atoms with van der Waals surface area (Å²) < 4.78 is 16.2. The Morgan fingerprint density at radius 1 is 1.20 bits per heavy atom. The maximum absolute atomic E-state index is 5.53. The fourth-order valence-corrected chi connectivity index (χ4v) is 1.48. The molecule has 15 heavy (non-hydrogen) atoms. The van der Waals surface area contributed by atoms with Crippen LogP contribution in [0.5, 0.6) is 0 Å². The van der Waals surface area contributed by atoms with Gasteiger partial charge >= 0.3 is 104 Å². The molecule has 0 bridgehead atoms. The van der Waals surface area contributed by atoms with Crippen LogP contribution in [0.3, 0.4) is 0 Å². The normalized spacial score (nSPS) is 12.6. The van der Waals surface area contributed by atoms with Crippen molar-refractivity contribution in [1.82, 2.24) is 0 Å². The Balaban J connectivity index is 4.13. The van der Waals surface area contributed by atoms with E-state index in [4.69, 9.17) is 12.8 Å². The molecule has 0 saturated heterocycles. The molecule has 0 radical (unpaired) electrons. The summed E-state index contributed by atoms with van der Waals surface area (Å²) in [5, 5.41) is 0. The van der Waals surface area contributed by atoms with Crippen molar-refractivity contribution >= 4 is 0 Å². The first-order valence-corrected chi connectivity index (χ1v) is 5.67. The van der Waals surface area contributed by atoms with E-state index in [2.05, 4.69) is 20.1 Å². The zero-order valence-electron chi connectivity index (χ0n) is 9.28. The second-order valence-electron chi connectivity index (χ2n) is 3.09. The molecule has 3 nitrogen and oxygen atoms in total. The quantitative estimate of drug-likeness (QED) is 0.336. The summed E-state index contributed by atoms with van der Waals surface area (Å²) in [5.74, 6) is 0.245. The fourth-order valence-electron chi connectivity index (χ4n) is 1.14. The molecule has 0 aliphatic rings. The Hall–Kier alpha value is 0.0743. The predicted molar refractivity (Wildman–Crippen MR) is 55.8 cm³/mol. The summed E-state index contributed by atoms with van der Waals surface area (Å²) in [7, 11) is 0. The molecule has 0 heterocycles. The first-order chi connectivity index (χ1) is 7.29. The predicted octanol–water partition coefficient (Wildman–Crippen LogP) is 2.22. The monoisotopic (exact) mass is 247 g/mol. The Kier molecular flexibility index (Phi) is 10.6. The molecule has 0 N–H and O–H groups in total. The van der Waals surface area contributed by atoms with Crippen LogP contribution in [0.15, 0.2) is 25.3 Å². The van der Waals surface area contributed by atoms with E-state index in [1.54, 1.807) is 33.0 Å². The number of hydrogen-bond acceptors (Lipinski definition) is 3. The third-order valence-electron chi connectivity index (χ3n) is 1.96. The van der Waals surface area contributed by atoms with E-state index >= 15 is 0 Å². The Labute approximate surface area is 104 Å². The summed E-state index contributed by atoms with van der Waals surface area (Å²) >= 11 is 1.68. The Bertz CT molecular complexity index is 161. The topological polar surface area (TPSA) is 27.7 Å². The SMILES string of the molecule is C=CCOC(OCC=C)C(CC)C[O][Ti]. The van der Waals surface area contributed by atoms with Crippen molar-refractivity contribution in [3.8, 4) is 0 Å². The number of hydrogen-bond donors (Lipinski definition) is 0. The average molecular weight is 247 g/mol. The van der Waals surface area contributed by atoms with E-state index in [9.17, 15) is 0 Å². The average Bonchev–Trinajstić information content (AvgIpc) is 2.27. The van der Waals surface area contributed by atoms with E-state index in [1.165, 1.54) is 0 Å². The van der Waals surface area contributed by atoms with Crippen LogP contribution in [0.2, 0.25) is 0 Å². The van der Waals surface area contributed by atoms with Crippen molar-refractivity contribution in [2.24, 2.45) is 5.92 Å². The molecule has 0 amide bonds. The molecule has 0 aliphatic carbocycles. The van der Waals surface area contributed by atoms with Gasteiger partial charge in [-0.1, -0.05) is 0 Å². The van der Waals surface area contributed by atoms with Gasteiger partial charge in [-0.3, -0.25) is 0 Å². The van der Waals surface area contributed by atoms with Crippen molar-refractivity contribution in [2.75, 3.05) is 19.8 Å². The minimum atomic E-state index is -0.244. The standard InChI is InChI=1S/C11H19O3.Ti/c1-4-7-13-11(14-8-5-2)10(6-3)9-12;/h4-5,10-11H,1-2,6-9H2,3H3;/q-1;+1. The zero-order chi connectivity index (χ0) is 11.5. The molecule has 0 rings (SSSR count). The number of rotatable bonds is 10. The third-order valence-corrected chi connectivity index (χ3v) is 2.22. The van der Waals surface area contributed by atoms with Gasteiger partial charge < -0.3 is 0 Å². The summed E-state index contributed by atoms with van der Waals surface area (Å²) in [6, 6.07) is 0. The molecule has 1 unspecified atom stereocenters. The van der Waals surface area contributed by atoms with Gasteiger partial charge in [0.05, 0.1) is 0 Å². The van der Waals surface area contributed by atoms with Gasteiger partial charge in [0.2, 0.25) is 0 Å². The van der Waals surface area contributed by atoms with Crippen molar-refractivity contribution in [2.45, 2.75) is 19.6 Å². The van der Waals surface area contributed by atoms with Crippen LogP contribution < -0.4 is 0 Å². The molecule has 1 atom stereocenters. The molecular weight excluding hydrogens is 228 g/mol. The van der Waals surface area contributed by atoms with E-state index in [1.807, 2.05) is 0 Å². The second-order valence-corrected chi connectivity index (χ2v) is 3.54. The minimum absolute atomic E-state index is 0.244. The molecule has 4 heteroatoms. The maximum atomic E-state index is 5.53. The molecule has 0 aromatic carbocycles. The van der Waals surface area contributed by atoms with Gasteiger partial charge in [-0.25, -0.2) is 0 Å². The summed E-state index contributed by atoms with van der Waals surface area (Å²) in [6.07, 6.45) is 4.13. The summed E-state index contributed by atoms with van der Waals surface area (Å²) in [5.41, 5.74) is 0. The molecule has 0 aromatic heterocycles. The van der Waals surface area contributed by atoms with E-state index < -0.39 is 0 Å². The van der Waals surface area contributed by atoms with Crippen LogP contribution in [0.4, 0.5) is 0 Å². The van der Waals surface area contributed by atoms with Gasteiger partial charge in [-0.05, 0) is 0 Å². The van der Waals surface area contributed by atoms with Crippen LogP contribution in [-0.4, -0.2) is 26.1 Å². The number of ether oxygens (including phenoxy) is 2. The first-order valence-electron chi connectivity index (χ1n) is 5.03. The van der Waals surface area contributed by atoms with Crippen LogP contribution >= 0.6 is 0 Å². The van der Waals surface area contributed by atoms with Gasteiger partial charge in [-0.15, -0.1) is 0 Å². The Morgan fingerprint density at radius 2 is 1.73 bits per heavy atom. The molecular formula is C11H19O3Ti. The van der Waals surface area contributed by atoms with E-state index in [0.717, 1.165) is 6.42 Å². The van der Waals surface area contributed by atoms with Gasteiger partial charge in [0.15, 0.2) is 0 Å². The van der Waals surface area contributed by atoms with Crippen molar-refractivity contribution in [3.63, 3.8) is 0 Å². The van der Waals surface area contributed by atoms with Crippen molar-refractivity contribution in [1.29, 1.82) is 0 Å². The molecule has 0 spiro atoms. The fraction of sp³-hybridized carbons (Fsp3) is 0.636. The van der Waals surface area contributed by atoms with Crippen LogP contribution in [0, 0.1) is 5.92 Å². The van der Waals surface area contributed by atoms with Crippen LogP contribution in [0.1, 0.15) is 13.3 Å². The summed E-state index contributed by atoms with van der Waals surface area (Å²) in [4.78, 5) is 0. The zero-order valence-corrected chi connectivity index (χ0v) is 10.8. The molecule has 0 saturated carbocycles. The second kappa shape index (κ2) is 10.6. The van der Waals surface area contributed by atoms with E-state index in [-0.39, 0.29) is 12.2 Å². The van der Waals surface area contributed by atoms with Gasteiger partial charge in [0.25, 0.3) is 0 Å². The molecule has 0 aromatic rings. The summed E-state index contributed by atoms with van der Waals surface area (Å²) in [6.45, 7) is 10.9. The van der Waals surface area contributed by atoms with Crippen molar-refractivity contribution in [3.05, 3.63) is 25.3 Å². The molecule has 85 valence electrons. The molecule has 0 aliphatic heterocycles. The van der Waals surface area contributed by atoms with Gasteiger partial charge in [0, 0.05) is 0 Å². The van der Waals surface area contributed by atoms with Gasteiger partial charge in [-0.2, -0.15) is 0 Å². The Morgan fingerprint density at radius 3 is 2.07 bits per heavy atom. The van der Waals surface area contributed by atoms with Crippen LogP contribution in [0.25, 0.3) is 0 Å². The van der Waals surface area contributed by atoms with E-state index in [0.29, 0.717) is 19.8 Å². The molecule has 0 fully saturated rings. The van der Waals surface area contributed by atoms with Crippen molar-refractivity contribution < 1.29 is 33.6 Å². The van der Waals surface area contributed by atoms with Gasteiger partial charge in [0.1, 0.15) is 0 Å².